The summed E-state index contributed by atoms with van der Waals surface area (Å²) in [5, 5.41) is 20.5. The van der Waals surface area contributed by atoms with Crippen molar-refractivity contribution < 1.29 is 4.79 Å². The van der Waals surface area contributed by atoms with Crippen LogP contribution in [0.5, 0.6) is 0 Å². The van der Waals surface area contributed by atoms with Crippen LogP contribution >= 0.6 is 0 Å². The van der Waals surface area contributed by atoms with Crippen molar-refractivity contribution >= 4 is 11.8 Å². The van der Waals surface area contributed by atoms with E-state index in [9.17, 15) is 14.9 Å². The van der Waals surface area contributed by atoms with Crippen LogP contribution in [0.15, 0.2) is 77.7 Å². The Labute approximate surface area is 221 Å². The quantitative estimate of drug-likeness (QED) is 0.392. The lowest BCUT2D eigenvalue weighted by molar-refractivity contribution is 0.247. The summed E-state index contributed by atoms with van der Waals surface area (Å²) in [4.78, 5) is 25.7. The number of nitrogens with zero attached hydrogens (tertiary/aromatic N) is 4. The number of carbonyl (C=O) groups is 1. The number of nitrogens with one attached hydrogen (secondary N) is 2. The largest absolute Gasteiger partial charge is 0.334 e. The Morgan fingerprint density at radius 1 is 1.08 bits per heavy atom. The number of aromatic nitrogens is 3. The summed E-state index contributed by atoms with van der Waals surface area (Å²) in [6.07, 6.45) is 3.58. The number of nitriles is 1. The lowest BCUT2D eigenvalue weighted by atomic mass is 9.94. The molecule has 1 saturated carbocycles. The van der Waals surface area contributed by atoms with E-state index < -0.39 is 0 Å². The maximum absolute atomic E-state index is 13.4. The highest BCUT2D eigenvalue weighted by Crippen LogP contribution is 2.38. The van der Waals surface area contributed by atoms with Crippen LogP contribution in [-0.2, 0) is 7.05 Å². The van der Waals surface area contributed by atoms with Gasteiger partial charge in [-0.3, -0.25) is 10.1 Å². The summed E-state index contributed by atoms with van der Waals surface area (Å²) in [5.74, 6) is 1.29. The molecule has 2 aromatic heterocycles. The predicted octanol–water partition coefficient (Wildman–Crippen LogP) is 5.12. The fourth-order valence-electron chi connectivity index (χ4n) is 5.43. The van der Waals surface area contributed by atoms with Crippen molar-refractivity contribution in [3.63, 3.8) is 0 Å². The van der Waals surface area contributed by atoms with Crippen LogP contribution < -0.4 is 16.2 Å². The van der Waals surface area contributed by atoms with E-state index in [2.05, 4.69) is 29.7 Å². The van der Waals surface area contributed by atoms with Crippen LogP contribution in [-0.4, -0.2) is 26.4 Å². The van der Waals surface area contributed by atoms with Crippen LogP contribution in [0, 0.1) is 24.2 Å². The van der Waals surface area contributed by atoms with Gasteiger partial charge < -0.3 is 9.88 Å². The smallest absolute Gasteiger partial charge is 0.320 e. The number of hydrogen-bond acceptors (Lipinski definition) is 4. The van der Waals surface area contributed by atoms with Crippen LogP contribution in [0.1, 0.15) is 42.4 Å². The van der Waals surface area contributed by atoms with Gasteiger partial charge in [0.05, 0.1) is 11.4 Å². The Hall–Kier alpha value is -4.64. The van der Waals surface area contributed by atoms with E-state index in [0.29, 0.717) is 23.0 Å². The number of hydrogen-bond donors (Lipinski definition) is 2. The molecule has 192 valence electrons. The average Bonchev–Trinajstić information content (AvgIpc) is 3.45. The van der Waals surface area contributed by atoms with Gasteiger partial charge in [0.15, 0.2) is 0 Å². The van der Waals surface area contributed by atoms with Crippen molar-refractivity contribution in [2.75, 3.05) is 5.32 Å². The molecule has 0 spiro atoms. The number of amides is 2. The predicted molar refractivity (Wildman–Crippen MR) is 147 cm³/mol. The fourth-order valence-corrected chi connectivity index (χ4v) is 5.43. The monoisotopic (exact) mass is 506 g/mol. The topological polar surface area (TPSA) is 105 Å². The van der Waals surface area contributed by atoms with E-state index in [0.717, 1.165) is 24.1 Å². The van der Waals surface area contributed by atoms with Crippen molar-refractivity contribution in [1.82, 2.24) is 19.7 Å². The zero-order valence-electron chi connectivity index (χ0n) is 21.7. The molecule has 8 heteroatoms. The SMILES string of the molecule is Cc1c(-c2cc(C#N)c(=O)n(C)c2)nn(-c2ccccc2)c1NC(=O)N[C@@H]1C[C@@H](C)C[C@H]1c1ccccc1. The standard InChI is InChI=1S/C30H30N6O2/c1-19-14-25(21-10-6-4-7-11-21)26(15-19)32-30(38)33-28-20(2)27(34-36(28)24-12-8-5-9-13-24)23-16-22(17-31)29(37)35(3)18-23/h4-13,16,18-19,25-26H,14-15H2,1-3H3,(H2,32,33,38)/t19-,25-,26+/m0/s1. The van der Waals surface area contributed by atoms with Gasteiger partial charge in [-0.2, -0.15) is 10.4 Å². The molecule has 4 aromatic rings. The number of carbonyl (C=O) groups excluding carboxylic acids is 1. The Morgan fingerprint density at radius 3 is 2.45 bits per heavy atom. The van der Waals surface area contributed by atoms with Crippen LogP contribution in [0.3, 0.4) is 0 Å². The maximum atomic E-state index is 13.4. The van der Waals surface area contributed by atoms with Gasteiger partial charge in [-0.15, -0.1) is 0 Å². The second-order valence-corrected chi connectivity index (χ2v) is 10.0. The number of urea groups is 1. The summed E-state index contributed by atoms with van der Waals surface area (Å²) in [7, 11) is 1.61. The van der Waals surface area contributed by atoms with Crippen LogP contribution in [0.4, 0.5) is 10.6 Å². The molecule has 3 atom stereocenters. The molecule has 0 bridgehead atoms. The summed E-state index contributed by atoms with van der Waals surface area (Å²) in [6, 6.07) is 23.1. The van der Waals surface area contributed by atoms with Gasteiger partial charge in [0.1, 0.15) is 17.5 Å². The van der Waals surface area contributed by atoms with Gasteiger partial charge in [0.25, 0.3) is 5.56 Å². The lowest BCUT2D eigenvalue weighted by Crippen LogP contribution is -2.39. The van der Waals surface area contributed by atoms with Crippen LogP contribution in [0.25, 0.3) is 16.9 Å². The highest BCUT2D eigenvalue weighted by Gasteiger charge is 2.34. The minimum absolute atomic E-state index is 0.0158. The average molecular weight is 507 g/mol. The number of benzene rings is 2. The second kappa shape index (κ2) is 10.4. The first kappa shape index (κ1) is 25.0. The first-order valence-electron chi connectivity index (χ1n) is 12.7. The minimum Gasteiger partial charge on any atom is -0.334 e. The van der Waals surface area contributed by atoms with Gasteiger partial charge in [-0.1, -0.05) is 55.5 Å². The van der Waals surface area contributed by atoms with E-state index in [-0.39, 0.29) is 29.1 Å². The van der Waals surface area contributed by atoms with Crippen molar-refractivity contribution in [2.24, 2.45) is 13.0 Å². The molecule has 8 nitrogen and oxygen atoms in total. The first-order chi connectivity index (χ1) is 18.4. The molecule has 1 aliphatic rings. The molecular weight excluding hydrogens is 476 g/mol. The first-order valence-corrected chi connectivity index (χ1v) is 12.7. The van der Waals surface area contributed by atoms with Gasteiger partial charge in [0.2, 0.25) is 0 Å². The zero-order valence-corrected chi connectivity index (χ0v) is 21.7. The molecule has 0 radical (unpaired) electrons. The van der Waals surface area contributed by atoms with E-state index in [4.69, 9.17) is 5.10 Å². The fraction of sp³-hybridized carbons (Fsp3) is 0.267. The van der Waals surface area contributed by atoms with Crippen molar-refractivity contribution in [3.05, 3.63) is 100.0 Å². The summed E-state index contributed by atoms with van der Waals surface area (Å²) >= 11 is 0. The molecule has 0 unspecified atom stereocenters. The Bertz CT molecular complexity index is 1570. The molecule has 0 saturated heterocycles. The van der Waals surface area contributed by atoms with Crippen molar-refractivity contribution in [3.8, 4) is 23.0 Å². The second-order valence-electron chi connectivity index (χ2n) is 10.0. The molecule has 2 amide bonds. The van der Waals surface area contributed by atoms with Crippen molar-refractivity contribution in [2.45, 2.75) is 38.6 Å². The minimum atomic E-state index is -0.368. The summed E-state index contributed by atoms with van der Waals surface area (Å²) in [5.41, 5.74) is 3.60. The molecule has 38 heavy (non-hydrogen) atoms. The molecule has 5 rings (SSSR count). The number of para-hydroxylation sites is 1. The van der Waals surface area contributed by atoms with Crippen molar-refractivity contribution in [1.29, 1.82) is 5.26 Å². The van der Waals surface area contributed by atoms with E-state index >= 15 is 0 Å². The third-order valence-electron chi connectivity index (χ3n) is 7.27. The van der Waals surface area contributed by atoms with E-state index in [1.807, 2.05) is 61.5 Å². The van der Waals surface area contributed by atoms with Gasteiger partial charge in [-0.25, -0.2) is 9.48 Å². The maximum Gasteiger partial charge on any atom is 0.320 e. The highest BCUT2D eigenvalue weighted by molar-refractivity contribution is 5.91. The van der Waals surface area contributed by atoms with Crippen LogP contribution in [0.2, 0.25) is 0 Å². The Morgan fingerprint density at radius 2 is 1.76 bits per heavy atom. The normalized spacial score (nSPS) is 18.6. The zero-order chi connectivity index (χ0) is 26.8. The highest BCUT2D eigenvalue weighted by atomic mass is 16.2. The number of anilines is 1. The molecular formula is C30H30N6O2. The molecule has 1 fully saturated rings. The third-order valence-corrected chi connectivity index (χ3v) is 7.27. The van der Waals surface area contributed by atoms with Gasteiger partial charge >= 0.3 is 6.03 Å². The number of aryl methyl sites for hydroxylation is 1. The summed E-state index contributed by atoms with van der Waals surface area (Å²) in [6.45, 7) is 4.10. The molecule has 2 aromatic carbocycles. The Balaban J connectivity index is 1.49. The molecule has 1 aliphatic carbocycles. The van der Waals surface area contributed by atoms with Gasteiger partial charge in [0, 0.05) is 36.3 Å². The third kappa shape index (κ3) is 4.83. The van der Waals surface area contributed by atoms with Gasteiger partial charge in [-0.05, 0) is 49.4 Å². The molecule has 2 heterocycles. The molecule has 2 N–H and O–H groups in total. The lowest BCUT2D eigenvalue weighted by Gasteiger charge is -2.22. The number of rotatable bonds is 5. The number of pyridine rings is 1. The van der Waals surface area contributed by atoms with E-state index in [1.165, 1.54) is 10.1 Å². The summed E-state index contributed by atoms with van der Waals surface area (Å²) < 4.78 is 3.06. The molecule has 0 aliphatic heterocycles. The van der Waals surface area contributed by atoms with E-state index in [1.54, 1.807) is 24.0 Å². The Kier molecular flexibility index (Phi) is 6.84.